The van der Waals surface area contributed by atoms with Gasteiger partial charge in [-0.25, -0.2) is 0 Å². The lowest BCUT2D eigenvalue weighted by Gasteiger charge is -2.14. The number of hydrogen-bond donors (Lipinski definition) is 1. The molecule has 2 rings (SSSR count). The third-order valence-electron chi connectivity index (χ3n) is 4.00. The molecule has 0 spiro atoms. The molecule has 1 aromatic carbocycles. The van der Waals surface area contributed by atoms with Crippen LogP contribution in [0.5, 0.6) is 0 Å². The number of nitrogens with zero attached hydrogens (tertiary/aromatic N) is 2. The summed E-state index contributed by atoms with van der Waals surface area (Å²) in [5.41, 5.74) is 2.50. The smallest absolute Gasteiger partial charge is 0.0762 e. The number of benzene rings is 1. The molecule has 114 valence electrons. The fourth-order valence-corrected chi connectivity index (χ4v) is 2.66. The molecule has 0 saturated carbocycles. The van der Waals surface area contributed by atoms with Crippen LogP contribution in [0, 0.1) is 0 Å². The van der Waals surface area contributed by atoms with E-state index in [1.54, 1.807) is 0 Å². The van der Waals surface area contributed by atoms with Crippen LogP contribution in [0.4, 0.5) is 0 Å². The second kappa shape index (κ2) is 7.99. The van der Waals surface area contributed by atoms with Crippen molar-refractivity contribution in [1.29, 1.82) is 0 Å². The molecule has 1 N–H and O–H groups in total. The molecule has 3 heteroatoms. The third kappa shape index (κ3) is 4.71. The minimum Gasteiger partial charge on any atom is -0.308 e. The first-order valence-electron chi connectivity index (χ1n) is 8.04. The summed E-state index contributed by atoms with van der Waals surface area (Å²) in [6.45, 7) is 7.50. The largest absolute Gasteiger partial charge is 0.308 e. The van der Waals surface area contributed by atoms with E-state index in [0.717, 1.165) is 31.5 Å². The van der Waals surface area contributed by atoms with E-state index in [0.29, 0.717) is 12.1 Å². The fraction of sp³-hybridized carbons (Fsp3) is 0.500. The molecule has 1 heterocycles. The highest BCUT2D eigenvalue weighted by Crippen LogP contribution is 2.14. The van der Waals surface area contributed by atoms with Gasteiger partial charge in [-0.3, -0.25) is 4.68 Å². The summed E-state index contributed by atoms with van der Waals surface area (Å²) in [5, 5.41) is 8.25. The Balaban J connectivity index is 1.83. The molecule has 2 aromatic rings. The number of aromatic nitrogens is 2. The van der Waals surface area contributed by atoms with Crippen LogP contribution in [0.2, 0.25) is 0 Å². The van der Waals surface area contributed by atoms with Gasteiger partial charge in [-0.1, -0.05) is 44.2 Å². The quantitative estimate of drug-likeness (QED) is 0.795. The van der Waals surface area contributed by atoms with Gasteiger partial charge in [0.2, 0.25) is 0 Å². The predicted molar refractivity (Wildman–Crippen MR) is 88.3 cm³/mol. The molecular formula is C18H27N3. The zero-order valence-corrected chi connectivity index (χ0v) is 13.4. The summed E-state index contributed by atoms with van der Waals surface area (Å²) < 4.78 is 2.11. The normalized spacial score (nSPS) is 12.8. The van der Waals surface area contributed by atoms with Gasteiger partial charge in [-0.05, 0) is 37.8 Å². The van der Waals surface area contributed by atoms with Crippen molar-refractivity contribution in [1.82, 2.24) is 15.1 Å². The van der Waals surface area contributed by atoms with Gasteiger partial charge in [-0.15, -0.1) is 0 Å². The summed E-state index contributed by atoms with van der Waals surface area (Å²) in [6.07, 6.45) is 5.43. The van der Waals surface area contributed by atoms with E-state index >= 15 is 0 Å². The second-order valence-electron chi connectivity index (χ2n) is 5.73. The van der Waals surface area contributed by atoms with Crippen LogP contribution in [-0.4, -0.2) is 15.8 Å². The van der Waals surface area contributed by atoms with Crippen molar-refractivity contribution in [3.05, 3.63) is 53.9 Å². The Kier molecular flexibility index (Phi) is 6.00. The van der Waals surface area contributed by atoms with Crippen LogP contribution < -0.4 is 5.32 Å². The van der Waals surface area contributed by atoms with Gasteiger partial charge < -0.3 is 5.32 Å². The zero-order chi connectivity index (χ0) is 15.1. The maximum absolute atomic E-state index is 4.69. The van der Waals surface area contributed by atoms with E-state index in [1.165, 1.54) is 5.56 Å². The average Bonchev–Trinajstić information content (AvgIpc) is 2.96. The monoisotopic (exact) mass is 285 g/mol. The predicted octanol–water partition coefficient (Wildman–Crippen LogP) is 3.97. The highest BCUT2D eigenvalue weighted by molar-refractivity contribution is 5.15. The summed E-state index contributed by atoms with van der Waals surface area (Å²) in [5.74, 6) is 0. The SMILES string of the molecule is CCC(CC)n1ccc(CNC(C)Cc2ccccc2)n1. The lowest BCUT2D eigenvalue weighted by molar-refractivity contribution is 0.422. The van der Waals surface area contributed by atoms with Crippen LogP contribution in [0.15, 0.2) is 42.6 Å². The summed E-state index contributed by atoms with van der Waals surface area (Å²) >= 11 is 0. The number of hydrogen-bond acceptors (Lipinski definition) is 2. The summed E-state index contributed by atoms with van der Waals surface area (Å²) in [4.78, 5) is 0. The minimum absolute atomic E-state index is 0.450. The van der Waals surface area contributed by atoms with E-state index in [4.69, 9.17) is 0 Å². The van der Waals surface area contributed by atoms with Gasteiger partial charge in [-0.2, -0.15) is 5.10 Å². The van der Waals surface area contributed by atoms with E-state index < -0.39 is 0 Å². The maximum atomic E-state index is 4.69. The zero-order valence-electron chi connectivity index (χ0n) is 13.4. The molecule has 21 heavy (non-hydrogen) atoms. The molecule has 0 amide bonds. The topological polar surface area (TPSA) is 29.9 Å². The van der Waals surface area contributed by atoms with Crippen molar-refractivity contribution in [2.75, 3.05) is 0 Å². The molecule has 0 bridgehead atoms. The lowest BCUT2D eigenvalue weighted by atomic mass is 10.1. The first-order chi connectivity index (χ1) is 10.2. The molecule has 0 fully saturated rings. The molecule has 1 aromatic heterocycles. The molecule has 3 nitrogen and oxygen atoms in total. The second-order valence-corrected chi connectivity index (χ2v) is 5.73. The maximum Gasteiger partial charge on any atom is 0.0762 e. The number of nitrogens with one attached hydrogen (secondary N) is 1. The molecule has 1 unspecified atom stereocenters. The molecule has 0 saturated heterocycles. The average molecular weight is 285 g/mol. The Bertz CT molecular complexity index is 514. The van der Waals surface area contributed by atoms with E-state index in [-0.39, 0.29) is 0 Å². The van der Waals surface area contributed by atoms with Gasteiger partial charge in [0, 0.05) is 18.8 Å². The fourth-order valence-electron chi connectivity index (χ4n) is 2.66. The first-order valence-corrected chi connectivity index (χ1v) is 8.04. The van der Waals surface area contributed by atoms with Crippen LogP contribution in [0.25, 0.3) is 0 Å². The van der Waals surface area contributed by atoms with Gasteiger partial charge in [0.05, 0.1) is 11.7 Å². The van der Waals surface area contributed by atoms with Crippen LogP contribution in [-0.2, 0) is 13.0 Å². The first kappa shape index (κ1) is 15.8. The van der Waals surface area contributed by atoms with Gasteiger partial charge in [0.1, 0.15) is 0 Å². The van der Waals surface area contributed by atoms with Crippen molar-refractivity contribution in [3.63, 3.8) is 0 Å². The molecule has 0 aliphatic rings. The molecule has 1 atom stereocenters. The van der Waals surface area contributed by atoms with Gasteiger partial charge in [0.25, 0.3) is 0 Å². The van der Waals surface area contributed by atoms with Crippen molar-refractivity contribution in [2.24, 2.45) is 0 Å². The van der Waals surface area contributed by atoms with Crippen LogP contribution in [0.1, 0.15) is 50.9 Å². The van der Waals surface area contributed by atoms with Crippen LogP contribution >= 0.6 is 0 Å². The van der Waals surface area contributed by atoms with Gasteiger partial charge in [0.15, 0.2) is 0 Å². The Morgan fingerprint density at radius 2 is 1.81 bits per heavy atom. The molecule has 0 aliphatic heterocycles. The van der Waals surface area contributed by atoms with Crippen molar-refractivity contribution >= 4 is 0 Å². The summed E-state index contributed by atoms with van der Waals surface area (Å²) in [7, 11) is 0. The van der Waals surface area contributed by atoms with Crippen LogP contribution in [0.3, 0.4) is 0 Å². The molecule has 0 aliphatic carbocycles. The highest BCUT2D eigenvalue weighted by Gasteiger charge is 2.09. The molecule has 0 radical (unpaired) electrons. The highest BCUT2D eigenvalue weighted by atomic mass is 15.3. The third-order valence-corrected chi connectivity index (χ3v) is 4.00. The Morgan fingerprint density at radius 1 is 1.10 bits per heavy atom. The van der Waals surface area contributed by atoms with E-state index in [2.05, 4.69) is 78.5 Å². The lowest BCUT2D eigenvalue weighted by Crippen LogP contribution is -2.27. The van der Waals surface area contributed by atoms with E-state index in [9.17, 15) is 0 Å². The van der Waals surface area contributed by atoms with Crippen molar-refractivity contribution in [3.8, 4) is 0 Å². The Labute approximate surface area is 128 Å². The Morgan fingerprint density at radius 3 is 2.48 bits per heavy atom. The van der Waals surface area contributed by atoms with Crippen molar-refractivity contribution in [2.45, 2.75) is 58.7 Å². The standard InChI is InChI=1S/C18H27N3/c1-4-18(5-2)21-12-11-17(20-21)14-19-15(3)13-16-9-7-6-8-10-16/h6-12,15,18-19H,4-5,13-14H2,1-3H3. The summed E-state index contributed by atoms with van der Waals surface area (Å²) in [6, 6.07) is 13.7. The van der Waals surface area contributed by atoms with E-state index in [1.807, 2.05) is 0 Å². The van der Waals surface area contributed by atoms with Crippen molar-refractivity contribution < 1.29 is 0 Å². The number of rotatable bonds is 8. The molecular weight excluding hydrogens is 258 g/mol. The Hall–Kier alpha value is -1.61. The minimum atomic E-state index is 0.450. The van der Waals surface area contributed by atoms with Gasteiger partial charge >= 0.3 is 0 Å².